The van der Waals surface area contributed by atoms with E-state index in [0.29, 0.717) is 0 Å². The lowest BCUT2D eigenvalue weighted by Gasteiger charge is -2.33. The molecule has 4 nitrogen and oxygen atoms in total. The highest BCUT2D eigenvalue weighted by atomic mass is 16.5. The third kappa shape index (κ3) is 2.37. The summed E-state index contributed by atoms with van der Waals surface area (Å²) < 4.78 is 5.20. The van der Waals surface area contributed by atoms with Crippen LogP contribution in [-0.2, 0) is 0 Å². The summed E-state index contributed by atoms with van der Waals surface area (Å²) in [6.07, 6.45) is 2.55. The minimum Gasteiger partial charge on any atom is -0.338 e. The van der Waals surface area contributed by atoms with Crippen LogP contribution in [0.4, 0.5) is 0 Å². The maximum atomic E-state index is 5.20. The Morgan fingerprint density at radius 3 is 2.60 bits per heavy atom. The SMILES string of the molecule is Cc1noc(C(C)N2CCC(C)CC2)n1. The Hall–Kier alpha value is -0.900. The van der Waals surface area contributed by atoms with Gasteiger partial charge in [0, 0.05) is 0 Å². The van der Waals surface area contributed by atoms with Crippen molar-refractivity contribution in [3.05, 3.63) is 11.7 Å². The molecule has 84 valence electrons. The van der Waals surface area contributed by atoms with Crippen molar-refractivity contribution in [1.82, 2.24) is 15.0 Å². The number of aryl methyl sites for hydroxylation is 1. The fraction of sp³-hybridized carbons (Fsp3) is 0.818. The van der Waals surface area contributed by atoms with Crippen LogP contribution in [0.3, 0.4) is 0 Å². The van der Waals surface area contributed by atoms with E-state index in [2.05, 4.69) is 28.9 Å². The first-order chi connectivity index (χ1) is 7.16. The molecule has 0 saturated carbocycles. The lowest BCUT2D eigenvalue weighted by Crippen LogP contribution is -2.35. The third-order valence-corrected chi connectivity index (χ3v) is 3.27. The van der Waals surface area contributed by atoms with Crippen LogP contribution in [0.5, 0.6) is 0 Å². The van der Waals surface area contributed by atoms with Crippen molar-refractivity contribution < 1.29 is 4.52 Å². The van der Waals surface area contributed by atoms with E-state index in [1.54, 1.807) is 0 Å². The molecule has 0 aromatic carbocycles. The molecular formula is C11H19N3O. The van der Waals surface area contributed by atoms with Crippen LogP contribution in [0.2, 0.25) is 0 Å². The Bertz CT molecular complexity index is 315. The summed E-state index contributed by atoms with van der Waals surface area (Å²) in [6.45, 7) is 8.60. The molecule has 0 N–H and O–H groups in total. The quantitative estimate of drug-likeness (QED) is 0.748. The third-order valence-electron chi connectivity index (χ3n) is 3.27. The molecule has 0 radical (unpaired) electrons. The molecule has 2 rings (SSSR count). The van der Waals surface area contributed by atoms with E-state index in [0.717, 1.165) is 30.7 Å². The summed E-state index contributed by atoms with van der Waals surface area (Å²) in [6, 6.07) is 0.263. The van der Waals surface area contributed by atoms with Crippen molar-refractivity contribution in [1.29, 1.82) is 0 Å². The summed E-state index contributed by atoms with van der Waals surface area (Å²) in [7, 11) is 0. The fourth-order valence-corrected chi connectivity index (χ4v) is 2.05. The Kier molecular flexibility index (Phi) is 3.05. The van der Waals surface area contributed by atoms with Gasteiger partial charge >= 0.3 is 0 Å². The molecule has 1 fully saturated rings. The van der Waals surface area contributed by atoms with Crippen LogP contribution in [0.15, 0.2) is 4.52 Å². The van der Waals surface area contributed by atoms with Gasteiger partial charge in [-0.05, 0) is 45.7 Å². The number of piperidine rings is 1. The summed E-state index contributed by atoms with van der Waals surface area (Å²) in [5.74, 6) is 2.34. The van der Waals surface area contributed by atoms with E-state index in [9.17, 15) is 0 Å². The van der Waals surface area contributed by atoms with E-state index < -0.39 is 0 Å². The van der Waals surface area contributed by atoms with Crippen LogP contribution in [0, 0.1) is 12.8 Å². The first kappa shape index (κ1) is 10.6. The van der Waals surface area contributed by atoms with Crippen LogP contribution in [-0.4, -0.2) is 28.1 Å². The molecule has 1 unspecified atom stereocenters. The number of aromatic nitrogens is 2. The molecule has 2 heterocycles. The highest BCUT2D eigenvalue weighted by Crippen LogP contribution is 2.25. The number of nitrogens with zero attached hydrogens (tertiary/aromatic N) is 3. The molecule has 0 aliphatic carbocycles. The minimum absolute atomic E-state index is 0.263. The number of likely N-dealkylation sites (tertiary alicyclic amines) is 1. The predicted molar refractivity (Wildman–Crippen MR) is 57.4 cm³/mol. The van der Waals surface area contributed by atoms with E-state index in [-0.39, 0.29) is 6.04 Å². The van der Waals surface area contributed by atoms with Gasteiger partial charge in [0.2, 0.25) is 5.89 Å². The number of rotatable bonds is 2. The van der Waals surface area contributed by atoms with E-state index in [1.807, 2.05) is 6.92 Å². The predicted octanol–water partition coefficient (Wildman–Crippen LogP) is 2.17. The summed E-state index contributed by atoms with van der Waals surface area (Å²) in [5, 5.41) is 3.83. The Morgan fingerprint density at radius 1 is 1.40 bits per heavy atom. The largest absolute Gasteiger partial charge is 0.338 e. The summed E-state index contributed by atoms with van der Waals surface area (Å²) >= 11 is 0. The molecule has 1 atom stereocenters. The molecule has 1 saturated heterocycles. The molecule has 0 amide bonds. The van der Waals surface area contributed by atoms with Gasteiger partial charge in [-0.3, -0.25) is 4.90 Å². The first-order valence-electron chi connectivity index (χ1n) is 5.71. The van der Waals surface area contributed by atoms with Gasteiger partial charge < -0.3 is 4.52 Å². The smallest absolute Gasteiger partial charge is 0.243 e. The molecule has 4 heteroatoms. The van der Waals surface area contributed by atoms with Gasteiger partial charge in [-0.1, -0.05) is 12.1 Å². The van der Waals surface area contributed by atoms with Crippen molar-refractivity contribution in [2.45, 2.75) is 39.7 Å². The Morgan fingerprint density at radius 2 is 2.07 bits per heavy atom. The zero-order valence-electron chi connectivity index (χ0n) is 9.73. The average Bonchev–Trinajstić information content (AvgIpc) is 2.65. The van der Waals surface area contributed by atoms with Crippen LogP contribution >= 0.6 is 0 Å². The molecule has 0 bridgehead atoms. The van der Waals surface area contributed by atoms with Gasteiger partial charge in [0.1, 0.15) is 0 Å². The highest BCUT2D eigenvalue weighted by molar-refractivity contribution is 4.91. The lowest BCUT2D eigenvalue weighted by molar-refractivity contribution is 0.124. The lowest BCUT2D eigenvalue weighted by atomic mass is 9.98. The van der Waals surface area contributed by atoms with E-state index >= 15 is 0 Å². The standard InChI is InChI=1S/C11H19N3O/c1-8-4-6-14(7-5-8)9(2)11-12-10(3)13-15-11/h8-9H,4-7H2,1-3H3. The molecule has 1 aliphatic rings. The molecule has 1 aromatic rings. The maximum Gasteiger partial charge on any atom is 0.243 e. The maximum absolute atomic E-state index is 5.20. The first-order valence-corrected chi connectivity index (χ1v) is 5.71. The topological polar surface area (TPSA) is 42.2 Å². The van der Waals surface area contributed by atoms with Gasteiger partial charge in [-0.15, -0.1) is 0 Å². The zero-order chi connectivity index (χ0) is 10.8. The zero-order valence-corrected chi connectivity index (χ0v) is 9.73. The molecule has 1 aliphatic heterocycles. The second-order valence-electron chi connectivity index (χ2n) is 4.57. The van der Waals surface area contributed by atoms with E-state index in [1.165, 1.54) is 12.8 Å². The molecule has 0 spiro atoms. The van der Waals surface area contributed by atoms with Gasteiger partial charge in [0.25, 0.3) is 0 Å². The second kappa shape index (κ2) is 4.31. The van der Waals surface area contributed by atoms with Crippen LogP contribution < -0.4 is 0 Å². The van der Waals surface area contributed by atoms with Crippen molar-refractivity contribution in [3.63, 3.8) is 0 Å². The fourth-order valence-electron chi connectivity index (χ4n) is 2.05. The molecule has 15 heavy (non-hydrogen) atoms. The molecular weight excluding hydrogens is 190 g/mol. The van der Waals surface area contributed by atoms with Crippen LogP contribution in [0.25, 0.3) is 0 Å². The molecule has 1 aromatic heterocycles. The highest BCUT2D eigenvalue weighted by Gasteiger charge is 2.24. The number of hydrogen-bond donors (Lipinski definition) is 0. The van der Waals surface area contributed by atoms with Crippen molar-refractivity contribution in [3.8, 4) is 0 Å². The minimum atomic E-state index is 0.263. The van der Waals surface area contributed by atoms with Crippen molar-refractivity contribution in [2.24, 2.45) is 5.92 Å². The van der Waals surface area contributed by atoms with Gasteiger partial charge in [0.05, 0.1) is 6.04 Å². The van der Waals surface area contributed by atoms with Gasteiger partial charge in [0.15, 0.2) is 5.82 Å². The number of hydrogen-bond acceptors (Lipinski definition) is 4. The van der Waals surface area contributed by atoms with Gasteiger partial charge in [-0.25, -0.2) is 0 Å². The van der Waals surface area contributed by atoms with Crippen LogP contribution in [0.1, 0.15) is 44.4 Å². The summed E-state index contributed by atoms with van der Waals surface area (Å²) in [4.78, 5) is 6.71. The second-order valence-corrected chi connectivity index (χ2v) is 4.57. The van der Waals surface area contributed by atoms with Gasteiger partial charge in [-0.2, -0.15) is 4.98 Å². The normalized spacial score (nSPS) is 21.8. The van der Waals surface area contributed by atoms with E-state index in [4.69, 9.17) is 4.52 Å². The van der Waals surface area contributed by atoms with Crippen molar-refractivity contribution in [2.75, 3.05) is 13.1 Å². The van der Waals surface area contributed by atoms with Crippen molar-refractivity contribution >= 4 is 0 Å². The Labute approximate surface area is 90.7 Å². The monoisotopic (exact) mass is 209 g/mol. The average molecular weight is 209 g/mol. The Balaban J connectivity index is 1.99. The summed E-state index contributed by atoms with van der Waals surface area (Å²) in [5.41, 5.74) is 0.